The average Bonchev–Trinajstić information content (AvgIpc) is 3.23. The second kappa shape index (κ2) is 6.46. The third kappa shape index (κ3) is 3.87. The van der Waals surface area contributed by atoms with Crippen molar-refractivity contribution in [2.24, 2.45) is 5.92 Å². The lowest BCUT2D eigenvalue weighted by atomic mass is 9.87. The molecule has 0 radical (unpaired) electrons. The van der Waals surface area contributed by atoms with Gasteiger partial charge in [-0.3, -0.25) is 4.79 Å². The lowest BCUT2D eigenvalue weighted by Crippen LogP contribution is -2.48. The fraction of sp³-hybridized carbons (Fsp3) is 0.867. The van der Waals surface area contributed by atoms with E-state index in [0.29, 0.717) is 12.6 Å². The molecule has 0 bridgehead atoms. The molecule has 0 spiro atoms. The van der Waals surface area contributed by atoms with E-state index in [9.17, 15) is 9.59 Å². The molecule has 0 aliphatic heterocycles. The average molecular weight is 282 g/mol. The first kappa shape index (κ1) is 15.1. The first-order valence-corrected chi connectivity index (χ1v) is 7.74. The van der Waals surface area contributed by atoms with Crippen molar-refractivity contribution in [3.63, 3.8) is 0 Å². The molecule has 2 aliphatic carbocycles. The Balaban J connectivity index is 1.90. The zero-order chi connectivity index (χ0) is 14.7. The van der Waals surface area contributed by atoms with Crippen LogP contribution in [0.2, 0.25) is 0 Å². The number of urea groups is 1. The molecule has 2 amide bonds. The summed E-state index contributed by atoms with van der Waals surface area (Å²) in [6, 6.07) is 0.616. The molecule has 0 aromatic rings. The number of carboxylic acid groups (broad SMARTS) is 1. The SMILES string of the molecule is CC1CCC(N(C)C(=O)N(CCC(=O)O)C2CC2)CC1. The summed E-state index contributed by atoms with van der Waals surface area (Å²) >= 11 is 0. The maximum atomic E-state index is 12.6. The quantitative estimate of drug-likeness (QED) is 0.843. The van der Waals surface area contributed by atoms with Crippen molar-refractivity contribution >= 4 is 12.0 Å². The zero-order valence-electron chi connectivity index (χ0n) is 12.5. The number of amides is 2. The molecule has 2 rings (SSSR count). The number of carbonyl (C=O) groups excluding carboxylic acids is 1. The van der Waals surface area contributed by atoms with Crippen LogP contribution in [0.25, 0.3) is 0 Å². The van der Waals surface area contributed by atoms with E-state index in [2.05, 4.69) is 6.92 Å². The normalized spacial score (nSPS) is 26.1. The van der Waals surface area contributed by atoms with E-state index in [0.717, 1.165) is 31.6 Å². The van der Waals surface area contributed by atoms with Crippen LogP contribution in [0.15, 0.2) is 0 Å². The van der Waals surface area contributed by atoms with Gasteiger partial charge in [0.1, 0.15) is 0 Å². The van der Waals surface area contributed by atoms with E-state index in [1.165, 1.54) is 12.8 Å². The van der Waals surface area contributed by atoms with Crippen LogP contribution in [0, 0.1) is 5.92 Å². The second-order valence-electron chi connectivity index (χ2n) is 6.38. The smallest absolute Gasteiger partial charge is 0.320 e. The van der Waals surface area contributed by atoms with Crippen molar-refractivity contribution in [2.75, 3.05) is 13.6 Å². The molecule has 20 heavy (non-hydrogen) atoms. The fourth-order valence-electron chi connectivity index (χ4n) is 3.03. The summed E-state index contributed by atoms with van der Waals surface area (Å²) in [5.41, 5.74) is 0. The third-order valence-electron chi connectivity index (χ3n) is 4.63. The summed E-state index contributed by atoms with van der Waals surface area (Å²) in [6.45, 7) is 2.60. The van der Waals surface area contributed by atoms with E-state index in [1.807, 2.05) is 11.9 Å². The van der Waals surface area contributed by atoms with Crippen LogP contribution in [-0.4, -0.2) is 52.6 Å². The Morgan fingerprint density at radius 3 is 2.10 bits per heavy atom. The van der Waals surface area contributed by atoms with Gasteiger partial charge in [0.25, 0.3) is 0 Å². The maximum Gasteiger partial charge on any atom is 0.320 e. The van der Waals surface area contributed by atoms with Gasteiger partial charge in [-0.1, -0.05) is 6.92 Å². The number of aliphatic carboxylic acids is 1. The molecule has 0 heterocycles. The van der Waals surface area contributed by atoms with Crippen LogP contribution in [0.4, 0.5) is 4.79 Å². The molecule has 2 fully saturated rings. The third-order valence-corrected chi connectivity index (χ3v) is 4.63. The van der Waals surface area contributed by atoms with Gasteiger partial charge in [0.15, 0.2) is 0 Å². The fourth-order valence-corrected chi connectivity index (χ4v) is 3.03. The largest absolute Gasteiger partial charge is 0.481 e. The predicted molar refractivity (Wildman–Crippen MR) is 76.6 cm³/mol. The summed E-state index contributed by atoms with van der Waals surface area (Å²) in [5, 5.41) is 8.81. The van der Waals surface area contributed by atoms with Gasteiger partial charge in [-0.05, 0) is 44.4 Å². The van der Waals surface area contributed by atoms with Crippen LogP contribution in [0.5, 0.6) is 0 Å². The molecular formula is C15H26N2O3. The summed E-state index contributed by atoms with van der Waals surface area (Å²) in [4.78, 5) is 26.9. The lowest BCUT2D eigenvalue weighted by Gasteiger charge is -2.37. The Bertz CT molecular complexity index is 360. The van der Waals surface area contributed by atoms with Gasteiger partial charge in [0, 0.05) is 25.7 Å². The highest BCUT2D eigenvalue weighted by Crippen LogP contribution is 2.31. The van der Waals surface area contributed by atoms with Crippen LogP contribution < -0.4 is 0 Å². The van der Waals surface area contributed by atoms with Gasteiger partial charge < -0.3 is 14.9 Å². The highest BCUT2D eigenvalue weighted by molar-refractivity contribution is 5.76. The van der Waals surface area contributed by atoms with E-state index in [4.69, 9.17) is 5.11 Å². The van der Waals surface area contributed by atoms with Gasteiger partial charge >= 0.3 is 12.0 Å². The number of hydrogen-bond donors (Lipinski definition) is 1. The second-order valence-corrected chi connectivity index (χ2v) is 6.38. The van der Waals surface area contributed by atoms with Crippen molar-refractivity contribution in [1.29, 1.82) is 0 Å². The molecule has 114 valence electrons. The Hall–Kier alpha value is -1.26. The van der Waals surface area contributed by atoms with Gasteiger partial charge in [-0.25, -0.2) is 4.79 Å². The molecule has 0 aromatic carbocycles. The molecule has 2 saturated carbocycles. The molecular weight excluding hydrogens is 256 g/mol. The van der Waals surface area contributed by atoms with Crippen LogP contribution in [-0.2, 0) is 4.79 Å². The highest BCUT2D eigenvalue weighted by Gasteiger charge is 2.36. The summed E-state index contributed by atoms with van der Waals surface area (Å²) in [6.07, 6.45) is 6.57. The Morgan fingerprint density at radius 1 is 1.05 bits per heavy atom. The Kier molecular flexibility index (Phi) is 4.89. The topological polar surface area (TPSA) is 60.9 Å². The van der Waals surface area contributed by atoms with Gasteiger partial charge in [-0.2, -0.15) is 0 Å². The van der Waals surface area contributed by atoms with Crippen LogP contribution >= 0.6 is 0 Å². The minimum atomic E-state index is -0.836. The molecule has 5 heteroatoms. The molecule has 0 saturated heterocycles. The van der Waals surface area contributed by atoms with Gasteiger partial charge in [0.2, 0.25) is 0 Å². The van der Waals surface area contributed by atoms with E-state index >= 15 is 0 Å². The molecule has 1 N–H and O–H groups in total. The monoisotopic (exact) mass is 282 g/mol. The minimum absolute atomic E-state index is 0.0216. The number of carbonyl (C=O) groups is 2. The maximum absolute atomic E-state index is 12.6. The zero-order valence-corrected chi connectivity index (χ0v) is 12.5. The van der Waals surface area contributed by atoms with Crippen molar-refractivity contribution in [3.8, 4) is 0 Å². The summed E-state index contributed by atoms with van der Waals surface area (Å²) in [5.74, 6) is -0.0705. The lowest BCUT2D eigenvalue weighted by molar-refractivity contribution is -0.137. The number of nitrogens with zero attached hydrogens (tertiary/aromatic N) is 2. The molecule has 0 atom stereocenters. The molecule has 0 aromatic heterocycles. The van der Waals surface area contributed by atoms with Crippen molar-refractivity contribution in [3.05, 3.63) is 0 Å². The number of carboxylic acids is 1. The number of rotatable bonds is 5. The van der Waals surface area contributed by atoms with Gasteiger partial charge in [0.05, 0.1) is 6.42 Å². The molecule has 2 aliphatic rings. The van der Waals surface area contributed by atoms with Gasteiger partial charge in [-0.15, -0.1) is 0 Å². The highest BCUT2D eigenvalue weighted by atomic mass is 16.4. The van der Waals surface area contributed by atoms with Crippen LogP contribution in [0.1, 0.15) is 51.9 Å². The summed E-state index contributed by atoms with van der Waals surface area (Å²) in [7, 11) is 1.87. The van der Waals surface area contributed by atoms with Crippen molar-refractivity contribution < 1.29 is 14.7 Å². The molecule has 0 unspecified atom stereocenters. The van der Waals surface area contributed by atoms with Crippen LogP contribution in [0.3, 0.4) is 0 Å². The summed E-state index contributed by atoms with van der Waals surface area (Å²) < 4.78 is 0. The van der Waals surface area contributed by atoms with Crippen molar-refractivity contribution in [2.45, 2.75) is 64.0 Å². The molecule has 5 nitrogen and oxygen atoms in total. The first-order valence-electron chi connectivity index (χ1n) is 7.74. The van der Waals surface area contributed by atoms with E-state index in [-0.39, 0.29) is 18.5 Å². The Morgan fingerprint density at radius 2 is 1.60 bits per heavy atom. The van der Waals surface area contributed by atoms with Crippen molar-refractivity contribution in [1.82, 2.24) is 9.80 Å². The number of hydrogen-bond acceptors (Lipinski definition) is 2. The minimum Gasteiger partial charge on any atom is -0.481 e. The Labute approximate surface area is 120 Å². The predicted octanol–water partition coefficient (Wildman–Crippen LogP) is 2.56. The standard InChI is InChI=1S/C15H26N2O3/c1-11-3-5-12(6-4-11)16(2)15(20)17(13-7-8-13)10-9-14(18)19/h11-13H,3-10H2,1-2H3,(H,18,19). The van der Waals surface area contributed by atoms with E-state index in [1.54, 1.807) is 4.90 Å². The van der Waals surface area contributed by atoms with E-state index < -0.39 is 5.97 Å². The first-order chi connectivity index (χ1) is 9.49.